The molecule has 0 aliphatic carbocycles. The number of nitrogen functional groups attached to an aromatic ring is 1. The van der Waals surface area contributed by atoms with E-state index in [0.717, 1.165) is 42.5 Å². The third-order valence-corrected chi connectivity index (χ3v) is 3.06. The van der Waals surface area contributed by atoms with Crippen molar-refractivity contribution in [2.45, 2.75) is 19.6 Å². The first-order chi connectivity index (χ1) is 7.65. The van der Waals surface area contributed by atoms with Crippen LogP contribution in [0.3, 0.4) is 0 Å². The van der Waals surface area contributed by atoms with E-state index >= 15 is 0 Å². The predicted octanol–water partition coefficient (Wildman–Crippen LogP) is 2.14. The van der Waals surface area contributed by atoms with Crippen LogP contribution in [0.1, 0.15) is 12.5 Å². The quantitative estimate of drug-likeness (QED) is 0.805. The molecule has 16 heavy (non-hydrogen) atoms. The minimum Gasteiger partial charge on any atom is -0.398 e. The Kier molecular flexibility index (Phi) is 3.69. The van der Waals surface area contributed by atoms with Crippen molar-refractivity contribution < 1.29 is 4.74 Å². The highest BCUT2D eigenvalue weighted by molar-refractivity contribution is 6.30. The molecule has 0 spiro atoms. The summed E-state index contributed by atoms with van der Waals surface area (Å²) in [5.74, 6) is 0. The van der Waals surface area contributed by atoms with E-state index in [-0.39, 0.29) is 0 Å². The van der Waals surface area contributed by atoms with Crippen LogP contribution in [-0.2, 0) is 11.3 Å². The highest BCUT2D eigenvalue weighted by atomic mass is 35.5. The molecule has 1 unspecified atom stereocenters. The SMILES string of the molecule is CC1CN(Cc2cc(Cl)ccc2N)CCO1. The molecule has 0 bridgehead atoms. The third kappa shape index (κ3) is 2.88. The summed E-state index contributed by atoms with van der Waals surface area (Å²) < 4.78 is 5.50. The summed E-state index contributed by atoms with van der Waals surface area (Å²) in [6, 6.07) is 5.63. The zero-order chi connectivity index (χ0) is 11.5. The molecule has 1 fully saturated rings. The van der Waals surface area contributed by atoms with Crippen LogP contribution in [0.5, 0.6) is 0 Å². The fraction of sp³-hybridized carbons (Fsp3) is 0.500. The van der Waals surface area contributed by atoms with E-state index < -0.39 is 0 Å². The highest BCUT2D eigenvalue weighted by Gasteiger charge is 2.17. The number of hydrogen-bond donors (Lipinski definition) is 1. The van der Waals surface area contributed by atoms with Crippen LogP contribution in [0, 0.1) is 0 Å². The number of benzene rings is 1. The maximum atomic E-state index is 5.96. The van der Waals surface area contributed by atoms with Gasteiger partial charge in [-0.25, -0.2) is 0 Å². The molecule has 1 aliphatic rings. The molecule has 1 atom stereocenters. The second-order valence-corrected chi connectivity index (χ2v) is 4.70. The summed E-state index contributed by atoms with van der Waals surface area (Å²) >= 11 is 5.96. The molecule has 2 rings (SSSR count). The molecule has 2 N–H and O–H groups in total. The van der Waals surface area contributed by atoms with Crippen LogP contribution in [0.2, 0.25) is 5.02 Å². The van der Waals surface area contributed by atoms with Crippen LogP contribution < -0.4 is 5.73 Å². The summed E-state index contributed by atoms with van der Waals surface area (Å²) in [6.45, 7) is 5.64. The molecule has 0 amide bonds. The predicted molar refractivity (Wildman–Crippen MR) is 66.6 cm³/mol. The van der Waals surface area contributed by atoms with Gasteiger partial charge in [0.15, 0.2) is 0 Å². The van der Waals surface area contributed by atoms with Crippen molar-refractivity contribution in [3.05, 3.63) is 28.8 Å². The van der Waals surface area contributed by atoms with E-state index in [1.165, 1.54) is 0 Å². The van der Waals surface area contributed by atoms with Gasteiger partial charge in [0.25, 0.3) is 0 Å². The molecule has 3 nitrogen and oxygen atoms in total. The van der Waals surface area contributed by atoms with Gasteiger partial charge in [-0.05, 0) is 30.7 Å². The van der Waals surface area contributed by atoms with Gasteiger partial charge in [-0.15, -0.1) is 0 Å². The number of anilines is 1. The molecule has 1 saturated heterocycles. The number of hydrogen-bond acceptors (Lipinski definition) is 3. The molecule has 1 aromatic rings. The fourth-order valence-corrected chi connectivity index (χ4v) is 2.18. The number of ether oxygens (including phenoxy) is 1. The zero-order valence-electron chi connectivity index (χ0n) is 9.45. The molecular formula is C12H17ClN2O. The Labute approximate surface area is 101 Å². The van der Waals surface area contributed by atoms with Gasteiger partial charge in [-0.3, -0.25) is 4.90 Å². The summed E-state index contributed by atoms with van der Waals surface area (Å²) in [5.41, 5.74) is 7.83. The first-order valence-corrected chi connectivity index (χ1v) is 5.91. The minimum atomic E-state index is 0.300. The monoisotopic (exact) mass is 240 g/mol. The smallest absolute Gasteiger partial charge is 0.0674 e. The lowest BCUT2D eigenvalue weighted by molar-refractivity contribution is -0.0211. The fourth-order valence-electron chi connectivity index (χ4n) is 1.99. The average molecular weight is 241 g/mol. The van der Waals surface area contributed by atoms with Gasteiger partial charge in [0.2, 0.25) is 0 Å². The average Bonchev–Trinajstić information content (AvgIpc) is 2.24. The van der Waals surface area contributed by atoms with E-state index in [1.807, 2.05) is 18.2 Å². The number of morpholine rings is 1. The van der Waals surface area contributed by atoms with Gasteiger partial charge in [0.05, 0.1) is 12.7 Å². The van der Waals surface area contributed by atoms with E-state index in [9.17, 15) is 0 Å². The second-order valence-electron chi connectivity index (χ2n) is 4.26. The molecule has 0 aromatic heterocycles. The summed E-state index contributed by atoms with van der Waals surface area (Å²) in [6.07, 6.45) is 0.300. The maximum Gasteiger partial charge on any atom is 0.0674 e. The molecule has 88 valence electrons. The molecule has 1 heterocycles. The van der Waals surface area contributed by atoms with Gasteiger partial charge < -0.3 is 10.5 Å². The van der Waals surface area contributed by atoms with Gasteiger partial charge in [0, 0.05) is 30.3 Å². The maximum absolute atomic E-state index is 5.96. The summed E-state index contributed by atoms with van der Waals surface area (Å²) in [5, 5.41) is 0.741. The normalized spacial score (nSPS) is 22.2. The first kappa shape index (κ1) is 11.7. The highest BCUT2D eigenvalue weighted by Crippen LogP contribution is 2.20. The van der Waals surface area contributed by atoms with E-state index in [0.29, 0.717) is 6.10 Å². The molecule has 0 saturated carbocycles. The van der Waals surface area contributed by atoms with Crippen molar-refractivity contribution in [3.63, 3.8) is 0 Å². The lowest BCUT2D eigenvalue weighted by Gasteiger charge is -2.31. The number of rotatable bonds is 2. The summed E-state index contributed by atoms with van der Waals surface area (Å²) in [7, 11) is 0. The summed E-state index contributed by atoms with van der Waals surface area (Å²) in [4.78, 5) is 2.34. The molecule has 1 aromatic carbocycles. The Morgan fingerprint density at radius 1 is 1.56 bits per heavy atom. The zero-order valence-corrected chi connectivity index (χ0v) is 10.2. The van der Waals surface area contributed by atoms with Crippen LogP contribution in [0.15, 0.2) is 18.2 Å². The van der Waals surface area contributed by atoms with Crippen LogP contribution in [0.25, 0.3) is 0 Å². The van der Waals surface area contributed by atoms with E-state index in [4.69, 9.17) is 22.1 Å². The van der Waals surface area contributed by atoms with Crippen molar-refractivity contribution in [3.8, 4) is 0 Å². The number of nitrogens with two attached hydrogens (primary N) is 1. The molecule has 0 radical (unpaired) electrons. The van der Waals surface area contributed by atoms with Gasteiger partial charge >= 0.3 is 0 Å². The lowest BCUT2D eigenvalue weighted by atomic mass is 10.1. The number of nitrogens with zero attached hydrogens (tertiary/aromatic N) is 1. The Balaban J connectivity index is 2.05. The standard InChI is InChI=1S/C12H17ClN2O/c1-9-7-15(4-5-16-9)8-10-6-11(13)2-3-12(10)14/h2-3,6,9H,4-5,7-8,14H2,1H3. The van der Waals surface area contributed by atoms with Gasteiger partial charge in [0.1, 0.15) is 0 Å². The van der Waals surface area contributed by atoms with Crippen LogP contribution >= 0.6 is 11.6 Å². The molecule has 1 aliphatic heterocycles. The lowest BCUT2D eigenvalue weighted by Crippen LogP contribution is -2.40. The Morgan fingerprint density at radius 3 is 3.12 bits per heavy atom. The topological polar surface area (TPSA) is 38.5 Å². The van der Waals surface area contributed by atoms with Crippen molar-refractivity contribution in [1.29, 1.82) is 0 Å². The molecular weight excluding hydrogens is 224 g/mol. The first-order valence-electron chi connectivity index (χ1n) is 5.53. The third-order valence-electron chi connectivity index (χ3n) is 2.82. The van der Waals surface area contributed by atoms with E-state index in [1.54, 1.807) is 0 Å². The van der Waals surface area contributed by atoms with Crippen molar-refractivity contribution >= 4 is 17.3 Å². The second kappa shape index (κ2) is 5.04. The van der Waals surface area contributed by atoms with Crippen molar-refractivity contribution in [2.24, 2.45) is 0 Å². The van der Waals surface area contributed by atoms with Gasteiger partial charge in [-0.1, -0.05) is 11.6 Å². The Bertz CT molecular complexity index is 370. The Hall–Kier alpha value is -0.770. The van der Waals surface area contributed by atoms with Crippen molar-refractivity contribution in [1.82, 2.24) is 4.90 Å². The molecule has 4 heteroatoms. The Morgan fingerprint density at radius 2 is 2.38 bits per heavy atom. The van der Waals surface area contributed by atoms with Gasteiger partial charge in [-0.2, -0.15) is 0 Å². The minimum absolute atomic E-state index is 0.300. The van der Waals surface area contributed by atoms with Crippen molar-refractivity contribution in [2.75, 3.05) is 25.4 Å². The van der Waals surface area contributed by atoms with E-state index in [2.05, 4.69) is 11.8 Å². The van der Waals surface area contributed by atoms with Crippen LogP contribution in [-0.4, -0.2) is 30.7 Å². The largest absolute Gasteiger partial charge is 0.398 e. The van der Waals surface area contributed by atoms with Crippen LogP contribution in [0.4, 0.5) is 5.69 Å². The number of halogens is 1.